The third kappa shape index (κ3) is 3.16. The molecular formula is C22H28NO6+. The number of Topliss-reactive ketones (excluding diaryl/α,β-unsaturated/α-hetero) is 1. The maximum absolute atomic E-state index is 12.8. The number of allylic oxidation sites excluding steroid dienone is 1. The van der Waals surface area contributed by atoms with E-state index < -0.39 is 23.7 Å². The molecule has 4 rings (SSSR count). The number of carbonyl (C=O) groups is 3. The lowest BCUT2D eigenvalue weighted by molar-refractivity contribution is -0.539. The number of esters is 1. The summed E-state index contributed by atoms with van der Waals surface area (Å²) in [6.07, 6.45) is 8.09. The van der Waals surface area contributed by atoms with Crippen LogP contribution in [0.25, 0.3) is 0 Å². The highest BCUT2D eigenvalue weighted by Crippen LogP contribution is 2.50. The van der Waals surface area contributed by atoms with Crippen LogP contribution in [0.4, 0.5) is 0 Å². The van der Waals surface area contributed by atoms with Crippen LogP contribution < -0.4 is 0 Å². The number of rotatable bonds is 5. The number of carboxylic acid groups (broad SMARTS) is 1. The van der Waals surface area contributed by atoms with Crippen molar-refractivity contribution in [1.82, 2.24) is 0 Å². The largest absolute Gasteiger partial charge is 0.481 e. The summed E-state index contributed by atoms with van der Waals surface area (Å²) in [5.74, 6) is -3.08. The molecule has 0 saturated carbocycles. The lowest BCUT2D eigenvalue weighted by atomic mass is 9.79. The predicted molar refractivity (Wildman–Crippen MR) is 103 cm³/mol. The van der Waals surface area contributed by atoms with Gasteiger partial charge in [-0.05, 0) is 31.9 Å². The Morgan fingerprint density at radius 1 is 1.41 bits per heavy atom. The molecular weight excluding hydrogens is 374 g/mol. The summed E-state index contributed by atoms with van der Waals surface area (Å²) in [6, 6.07) is -0.428. The van der Waals surface area contributed by atoms with Crippen LogP contribution in [0.15, 0.2) is 23.8 Å². The maximum atomic E-state index is 12.8. The van der Waals surface area contributed by atoms with Crippen molar-refractivity contribution in [3.8, 4) is 0 Å². The van der Waals surface area contributed by atoms with Gasteiger partial charge in [-0.2, -0.15) is 0 Å². The zero-order valence-corrected chi connectivity index (χ0v) is 17.1. The highest BCUT2D eigenvalue weighted by atomic mass is 16.7. The third-order valence-corrected chi connectivity index (χ3v) is 6.72. The van der Waals surface area contributed by atoms with Gasteiger partial charge in [0.2, 0.25) is 17.6 Å². The van der Waals surface area contributed by atoms with E-state index in [9.17, 15) is 14.4 Å². The summed E-state index contributed by atoms with van der Waals surface area (Å²) in [5, 5.41) is 9.15. The first-order valence-corrected chi connectivity index (χ1v) is 10.4. The molecule has 29 heavy (non-hydrogen) atoms. The van der Waals surface area contributed by atoms with Crippen LogP contribution in [0.3, 0.4) is 0 Å². The van der Waals surface area contributed by atoms with Crippen LogP contribution in [0.2, 0.25) is 0 Å². The molecule has 1 fully saturated rings. The lowest BCUT2D eigenvalue weighted by Gasteiger charge is -2.27. The fourth-order valence-electron chi connectivity index (χ4n) is 5.31. The molecule has 0 radical (unpaired) electrons. The van der Waals surface area contributed by atoms with Crippen molar-refractivity contribution in [2.75, 3.05) is 6.54 Å². The molecule has 0 aromatic heterocycles. The van der Waals surface area contributed by atoms with Gasteiger partial charge in [0.25, 0.3) is 0 Å². The van der Waals surface area contributed by atoms with Gasteiger partial charge in [0.05, 0.1) is 17.9 Å². The summed E-state index contributed by atoms with van der Waals surface area (Å²) in [6.45, 7) is 6.11. The molecule has 1 saturated heterocycles. The average Bonchev–Trinajstić information content (AvgIpc) is 3.25. The number of carbonyl (C=O) groups excluding carboxylic acids is 2. The average molecular weight is 402 g/mol. The van der Waals surface area contributed by atoms with Crippen LogP contribution in [0, 0.1) is 17.8 Å². The van der Waals surface area contributed by atoms with E-state index in [4.69, 9.17) is 14.6 Å². The fourth-order valence-corrected chi connectivity index (χ4v) is 5.31. The second-order valence-corrected chi connectivity index (χ2v) is 8.61. The Bertz CT molecular complexity index is 855. The number of hydrogen-bond acceptors (Lipinski definition) is 5. The minimum atomic E-state index is -1.02. The Hall–Kier alpha value is -2.28. The Morgan fingerprint density at radius 2 is 2.17 bits per heavy atom. The van der Waals surface area contributed by atoms with Crippen molar-refractivity contribution < 1.29 is 33.5 Å². The molecule has 6 atom stereocenters. The van der Waals surface area contributed by atoms with Gasteiger partial charge in [0.15, 0.2) is 5.71 Å². The summed E-state index contributed by atoms with van der Waals surface area (Å²) >= 11 is 0. The minimum absolute atomic E-state index is 0.0133. The lowest BCUT2D eigenvalue weighted by Crippen LogP contribution is -2.40. The van der Waals surface area contributed by atoms with E-state index in [0.29, 0.717) is 5.57 Å². The van der Waals surface area contributed by atoms with Crippen LogP contribution in [-0.4, -0.2) is 57.6 Å². The van der Waals surface area contributed by atoms with Gasteiger partial charge < -0.3 is 14.6 Å². The fraction of sp³-hybridized carbons (Fsp3) is 0.636. The van der Waals surface area contributed by atoms with Gasteiger partial charge in [0, 0.05) is 30.4 Å². The Labute approximate surface area is 170 Å². The molecule has 4 aliphatic rings. The van der Waals surface area contributed by atoms with Gasteiger partial charge in [0.1, 0.15) is 6.54 Å². The summed E-state index contributed by atoms with van der Waals surface area (Å²) in [7, 11) is 0. The smallest absolute Gasteiger partial charge is 0.336 e. The third-order valence-electron chi connectivity index (χ3n) is 6.72. The molecule has 1 spiro atoms. The van der Waals surface area contributed by atoms with E-state index in [-0.39, 0.29) is 36.1 Å². The van der Waals surface area contributed by atoms with E-state index in [1.807, 2.05) is 18.2 Å². The standard InChI is InChI=1S/C22H27NO6/c1-4-14-19-16-8-7-15(17(24)10-12(2)20(25)26)23(16)9-5-6-18(19)28-22(14)11-13(3)21(27)29-22/h7-8,11-12,14-15,18-19H,4-6,9-10H2,1-3H3/p+1/t12-,14-,15?,18+,19+,22-/m0/s1. The number of hydrogen-bond donors (Lipinski definition) is 1. The second-order valence-electron chi connectivity index (χ2n) is 8.61. The van der Waals surface area contributed by atoms with Crippen LogP contribution >= 0.6 is 0 Å². The first-order chi connectivity index (χ1) is 13.8. The summed E-state index contributed by atoms with van der Waals surface area (Å²) < 4.78 is 14.2. The van der Waals surface area contributed by atoms with E-state index >= 15 is 0 Å². The topological polar surface area (TPSA) is 92.9 Å². The zero-order valence-electron chi connectivity index (χ0n) is 17.1. The number of fused-ring (bicyclic) bond motifs is 2. The zero-order chi connectivity index (χ0) is 20.9. The number of aliphatic carboxylic acids is 1. The number of nitrogens with zero attached hydrogens (tertiary/aromatic N) is 1. The molecule has 7 nitrogen and oxygen atoms in total. The molecule has 7 heteroatoms. The molecule has 0 amide bonds. The normalized spacial score (nSPS) is 36.5. The Balaban J connectivity index is 1.66. The second kappa shape index (κ2) is 7.20. The molecule has 0 aromatic rings. The SMILES string of the molecule is CC[C@H]1[C@@H]2C3=[N+](CCC[C@H]2O[C@]12C=C(C)C(=O)O2)C(C(=O)C[C@H](C)C(=O)O)C=C3. The quantitative estimate of drug-likeness (QED) is 0.559. The van der Waals surface area contributed by atoms with Gasteiger partial charge in [-0.3, -0.25) is 9.59 Å². The van der Waals surface area contributed by atoms with E-state index in [2.05, 4.69) is 11.5 Å². The Kier molecular flexibility index (Phi) is 4.97. The molecule has 1 N–H and O–H groups in total. The van der Waals surface area contributed by atoms with Crippen LogP contribution in [0.1, 0.15) is 46.5 Å². The molecule has 0 aromatic carbocycles. The summed E-state index contributed by atoms with van der Waals surface area (Å²) in [5.41, 5.74) is 1.62. The number of ether oxygens (including phenoxy) is 2. The Morgan fingerprint density at radius 3 is 2.79 bits per heavy atom. The maximum Gasteiger partial charge on any atom is 0.336 e. The molecule has 4 heterocycles. The van der Waals surface area contributed by atoms with Crippen molar-refractivity contribution in [3.05, 3.63) is 23.8 Å². The van der Waals surface area contributed by atoms with Gasteiger partial charge in [-0.1, -0.05) is 13.8 Å². The number of ketones is 1. The van der Waals surface area contributed by atoms with E-state index in [0.717, 1.165) is 31.5 Å². The first-order valence-electron chi connectivity index (χ1n) is 10.4. The van der Waals surface area contributed by atoms with Gasteiger partial charge in [-0.15, -0.1) is 0 Å². The van der Waals surface area contributed by atoms with Crippen molar-refractivity contribution in [2.45, 2.75) is 64.4 Å². The molecule has 0 aliphatic carbocycles. The molecule has 156 valence electrons. The van der Waals surface area contributed by atoms with Crippen molar-refractivity contribution >= 4 is 23.4 Å². The van der Waals surface area contributed by atoms with E-state index in [1.54, 1.807) is 13.8 Å². The summed E-state index contributed by atoms with van der Waals surface area (Å²) in [4.78, 5) is 36.1. The van der Waals surface area contributed by atoms with E-state index in [1.165, 1.54) is 0 Å². The van der Waals surface area contributed by atoms with Crippen LogP contribution in [0.5, 0.6) is 0 Å². The van der Waals surface area contributed by atoms with Crippen molar-refractivity contribution in [1.29, 1.82) is 0 Å². The van der Waals surface area contributed by atoms with Crippen LogP contribution in [-0.2, 0) is 23.9 Å². The molecule has 4 aliphatic heterocycles. The predicted octanol–water partition coefficient (Wildman–Crippen LogP) is 2.09. The highest BCUT2D eigenvalue weighted by molar-refractivity contribution is 5.99. The van der Waals surface area contributed by atoms with Gasteiger partial charge >= 0.3 is 11.9 Å². The highest BCUT2D eigenvalue weighted by Gasteiger charge is 2.62. The van der Waals surface area contributed by atoms with Crippen molar-refractivity contribution in [3.63, 3.8) is 0 Å². The van der Waals surface area contributed by atoms with Gasteiger partial charge in [-0.25, -0.2) is 9.37 Å². The van der Waals surface area contributed by atoms with Crippen molar-refractivity contribution in [2.24, 2.45) is 17.8 Å². The molecule has 0 bridgehead atoms. The number of carboxylic acids is 1. The minimum Gasteiger partial charge on any atom is -0.481 e. The monoisotopic (exact) mass is 402 g/mol. The first kappa shape index (κ1) is 20.0. The molecule has 1 unspecified atom stereocenters.